The predicted molar refractivity (Wildman–Crippen MR) is 109 cm³/mol. The lowest BCUT2D eigenvalue weighted by Crippen LogP contribution is -2.48. The van der Waals surface area contributed by atoms with E-state index in [1.165, 1.54) is 38.5 Å². The van der Waals surface area contributed by atoms with E-state index in [0.29, 0.717) is 6.10 Å². The molecule has 0 amide bonds. The van der Waals surface area contributed by atoms with Gasteiger partial charge in [-0.15, -0.1) is 24.0 Å². The molecule has 1 atom stereocenters. The third kappa shape index (κ3) is 8.82. The molecule has 0 aromatic heterocycles. The van der Waals surface area contributed by atoms with Gasteiger partial charge < -0.3 is 25.0 Å². The van der Waals surface area contributed by atoms with Crippen LogP contribution in [0, 0.1) is 0 Å². The Bertz CT molecular complexity index is 349. The van der Waals surface area contributed by atoms with Crippen molar-refractivity contribution in [1.29, 1.82) is 0 Å². The van der Waals surface area contributed by atoms with Crippen LogP contribution in [0.4, 0.5) is 0 Å². The van der Waals surface area contributed by atoms with E-state index in [-0.39, 0.29) is 30.1 Å². The molecule has 142 valence electrons. The number of halogens is 1. The molecule has 0 bridgehead atoms. The minimum Gasteiger partial charge on any atom is -0.376 e. The van der Waals surface area contributed by atoms with Gasteiger partial charge >= 0.3 is 0 Å². The molecule has 0 aromatic rings. The molecule has 2 aliphatic rings. The molecule has 1 heterocycles. The third-order valence-electron chi connectivity index (χ3n) is 4.61. The summed E-state index contributed by atoms with van der Waals surface area (Å²) >= 11 is 0. The number of hydrogen-bond donors (Lipinski definition) is 2. The van der Waals surface area contributed by atoms with Gasteiger partial charge in [0.15, 0.2) is 5.96 Å². The van der Waals surface area contributed by atoms with Crippen molar-refractivity contribution < 1.29 is 9.47 Å². The molecule has 2 rings (SSSR count). The summed E-state index contributed by atoms with van der Waals surface area (Å²) in [5, 5.41) is 6.66. The molecule has 2 N–H and O–H groups in total. The fourth-order valence-electron chi connectivity index (χ4n) is 3.23. The van der Waals surface area contributed by atoms with Gasteiger partial charge in [0.25, 0.3) is 0 Å². The molecule has 0 radical (unpaired) electrons. The van der Waals surface area contributed by atoms with Gasteiger partial charge in [-0.05, 0) is 19.9 Å². The smallest absolute Gasteiger partial charge is 0.191 e. The van der Waals surface area contributed by atoms with E-state index >= 15 is 0 Å². The van der Waals surface area contributed by atoms with E-state index in [1.54, 1.807) is 7.05 Å². The van der Waals surface area contributed by atoms with Crippen molar-refractivity contribution in [2.24, 2.45) is 4.99 Å². The molecule has 6 nitrogen and oxygen atoms in total. The summed E-state index contributed by atoms with van der Waals surface area (Å²) < 4.78 is 11.7. The number of aliphatic imine (C=N–C) groups is 1. The zero-order valence-electron chi connectivity index (χ0n) is 15.3. The molecule has 0 aromatic carbocycles. The van der Waals surface area contributed by atoms with Crippen LogP contribution < -0.4 is 10.6 Å². The van der Waals surface area contributed by atoms with E-state index in [0.717, 1.165) is 45.4 Å². The molecule has 1 unspecified atom stereocenters. The Morgan fingerprint density at radius 2 is 1.96 bits per heavy atom. The third-order valence-corrected chi connectivity index (χ3v) is 4.61. The van der Waals surface area contributed by atoms with Crippen molar-refractivity contribution in [3.05, 3.63) is 0 Å². The molecule has 24 heavy (non-hydrogen) atoms. The maximum absolute atomic E-state index is 5.99. The summed E-state index contributed by atoms with van der Waals surface area (Å²) in [5.74, 6) is 0.825. The average Bonchev–Trinajstić information content (AvgIpc) is 2.83. The number of rotatable bonds is 6. The van der Waals surface area contributed by atoms with Crippen molar-refractivity contribution >= 4 is 29.9 Å². The van der Waals surface area contributed by atoms with Gasteiger partial charge in [0, 0.05) is 33.2 Å². The second-order valence-electron chi connectivity index (χ2n) is 6.62. The molecular formula is C17H35IN4O2. The Labute approximate surface area is 164 Å². The van der Waals surface area contributed by atoms with Crippen LogP contribution in [0.3, 0.4) is 0 Å². The SMILES string of the molecule is CN=C(NCCOC1CCCCCC1)NCC1CN(C)CCO1.I. The number of nitrogens with one attached hydrogen (secondary N) is 2. The first-order valence-corrected chi connectivity index (χ1v) is 9.14. The van der Waals surface area contributed by atoms with Crippen LogP contribution in [0.25, 0.3) is 0 Å². The second kappa shape index (κ2) is 13.1. The van der Waals surface area contributed by atoms with Gasteiger partial charge in [-0.2, -0.15) is 0 Å². The number of likely N-dealkylation sites (N-methyl/N-ethyl adjacent to an activating group) is 1. The van der Waals surface area contributed by atoms with Gasteiger partial charge in [0.05, 0.1) is 25.4 Å². The number of nitrogens with zero attached hydrogens (tertiary/aromatic N) is 2. The second-order valence-corrected chi connectivity index (χ2v) is 6.62. The van der Waals surface area contributed by atoms with Crippen LogP contribution in [0.1, 0.15) is 38.5 Å². The van der Waals surface area contributed by atoms with Gasteiger partial charge in [-0.3, -0.25) is 4.99 Å². The summed E-state index contributed by atoms with van der Waals surface area (Å²) in [6.07, 6.45) is 8.50. The van der Waals surface area contributed by atoms with Gasteiger partial charge in [0.2, 0.25) is 0 Å². The van der Waals surface area contributed by atoms with Crippen molar-refractivity contribution in [1.82, 2.24) is 15.5 Å². The first-order valence-electron chi connectivity index (χ1n) is 9.14. The monoisotopic (exact) mass is 454 g/mol. The average molecular weight is 454 g/mol. The van der Waals surface area contributed by atoms with Crippen LogP contribution in [-0.4, -0.2) is 76.6 Å². The molecule has 2 fully saturated rings. The number of hydrogen-bond acceptors (Lipinski definition) is 4. The van der Waals surface area contributed by atoms with Gasteiger partial charge in [0.1, 0.15) is 0 Å². The lowest BCUT2D eigenvalue weighted by molar-refractivity contribution is -0.0161. The van der Waals surface area contributed by atoms with Crippen molar-refractivity contribution in [3.8, 4) is 0 Å². The maximum Gasteiger partial charge on any atom is 0.191 e. The van der Waals surface area contributed by atoms with Crippen LogP contribution in [0.5, 0.6) is 0 Å². The number of guanidine groups is 1. The van der Waals surface area contributed by atoms with Crippen LogP contribution in [0.2, 0.25) is 0 Å². The molecule has 1 aliphatic heterocycles. The highest BCUT2D eigenvalue weighted by molar-refractivity contribution is 14.0. The highest BCUT2D eigenvalue weighted by Gasteiger charge is 2.17. The first kappa shape index (κ1) is 21.9. The van der Waals surface area contributed by atoms with Crippen molar-refractivity contribution in [2.45, 2.75) is 50.7 Å². The maximum atomic E-state index is 5.99. The summed E-state index contributed by atoms with van der Waals surface area (Å²) in [6, 6.07) is 0. The molecule has 1 saturated heterocycles. The van der Waals surface area contributed by atoms with E-state index < -0.39 is 0 Å². The zero-order valence-corrected chi connectivity index (χ0v) is 17.6. The topological polar surface area (TPSA) is 58.1 Å². The molecule has 1 aliphatic carbocycles. The molecule has 0 spiro atoms. The summed E-state index contributed by atoms with van der Waals surface area (Å²) in [4.78, 5) is 6.56. The normalized spacial score (nSPS) is 24.1. The number of morpholine rings is 1. The van der Waals surface area contributed by atoms with Crippen LogP contribution >= 0.6 is 24.0 Å². The van der Waals surface area contributed by atoms with E-state index in [4.69, 9.17) is 9.47 Å². The van der Waals surface area contributed by atoms with E-state index in [9.17, 15) is 0 Å². The highest BCUT2D eigenvalue weighted by Crippen LogP contribution is 2.19. The fraction of sp³-hybridized carbons (Fsp3) is 0.941. The van der Waals surface area contributed by atoms with Crippen molar-refractivity contribution in [3.63, 3.8) is 0 Å². The lowest BCUT2D eigenvalue weighted by atomic mass is 10.1. The Kier molecular flexibility index (Phi) is 12.0. The lowest BCUT2D eigenvalue weighted by Gasteiger charge is -2.30. The summed E-state index contributed by atoms with van der Waals surface area (Å²) in [7, 11) is 3.93. The van der Waals surface area contributed by atoms with Crippen LogP contribution in [0.15, 0.2) is 4.99 Å². The Balaban J connectivity index is 0.00000288. The Morgan fingerprint density at radius 3 is 2.62 bits per heavy atom. The Hall–Kier alpha value is -0.120. The van der Waals surface area contributed by atoms with E-state index in [2.05, 4.69) is 27.6 Å². The van der Waals surface area contributed by atoms with Gasteiger partial charge in [-0.25, -0.2) is 0 Å². The minimum absolute atomic E-state index is 0. The Morgan fingerprint density at radius 1 is 1.21 bits per heavy atom. The van der Waals surface area contributed by atoms with Crippen molar-refractivity contribution in [2.75, 3.05) is 53.5 Å². The molecule has 7 heteroatoms. The van der Waals surface area contributed by atoms with Crippen LogP contribution in [-0.2, 0) is 9.47 Å². The fourth-order valence-corrected chi connectivity index (χ4v) is 3.23. The summed E-state index contributed by atoms with van der Waals surface area (Å²) in [6.45, 7) is 5.12. The minimum atomic E-state index is 0. The number of ether oxygens (including phenoxy) is 2. The first-order chi connectivity index (χ1) is 11.3. The molecular weight excluding hydrogens is 419 g/mol. The quantitative estimate of drug-likeness (QED) is 0.211. The predicted octanol–water partition coefficient (Wildman–Crippen LogP) is 1.84. The molecule has 1 saturated carbocycles. The summed E-state index contributed by atoms with van der Waals surface area (Å²) in [5.41, 5.74) is 0. The largest absolute Gasteiger partial charge is 0.376 e. The van der Waals surface area contributed by atoms with Gasteiger partial charge in [-0.1, -0.05) is 25.7 Å². The highest BCUT2D eigenvalue weighted by atomic mass is 127. The standard InChI is InChI=1S/C17H34N4O2.HI/c1-18-17(20-13-16-14-21(2)10-12-23-16)19-9-11-22-15-7-5-3-4-6-8-15;/h15-16H,3-14H2,1-2H3,(H2,18,19,20);1H. The zero-order chi connectivity index (χ0) is 16.3. The van der Waals surface area contributed by atoms with E-state index in [1.807, 2.05) is 0 Å².